The van der Waals surface area contributed by atoms with Crippen molar-refractivity contribution < 1.29 is 14.7 Å². The third-order valence-electron chi connectivity index (χ3n) is 3.12. The first-order valence-electron chi connectivity index (χ1n) is 5.96. The third kappa shape index (κ3) is 4.34. The van der Waals surface area contributed by atoms with Gasteiger partial charge in [-0.25, -0.2) is 0 Å². The largest absolute Gasteiger partial charge is 0.481 e. The molecule has 100 valence electrons. The molecule has 0 heterocycles. The predicted octanol–water partition coefficient (Wildman–Crippen LogP) is 0.992. The van der Waals surface area contributed by atoms with E-state index in [-0.39, 0.29) is 12.5 Å². The van der Waals surface area contributed by atoms with Crippen molar-refractivity contribution in [1.29, 1.82) is 0 Å². The zero-order chi connectivity index (χ0) is 13.7. The molecule has 0 aliphatic carbocycles. The first kappa shape index (κ1) is 15.9. The van der Waals surface area contributed by atoms with Gasteiger partial charge < -0.3 is 15.7 Å². The lowest BCUT2D eigenvalue weighted by atomic mass is 9.87. The molecule has 0 saturated carbocycles. The van der Waals surface area contributed by atoms with E-state index in [1.54, 1.807) is 27.7 Å². The summed E-state index contributed by atoms with van der Waals surface area (Å²) in [6, 6.07) is 0. The van der Waals surface area contributed by atoms with Crippen molar-refractivity contribution in [3.8, 4) is 0 Å². The molecule has 0 radical (unpaired) electrons. The van der Waals surface area contributed by atoms with Gasteiger partial charge in [0.15, 0.2) is 0 Å². The van der Waals surface area contributed by atoms with Gasteiger partial charge in [-0.15, -0.1) is 0 Å². The third-order valence-corrected chi connectivity index (χ3v) is 3.12. The Kier molecular flexibility index (Phi) is 5.61. The minimum absolute atomic E-state index is 0.145. The summed E-state index contributed by atoms with van der Waals surface area (Å²) in [5.74, 6) is -1.07. The highest BCUT2D eigenvalue weighted by Gasteiger charge is 2.34. The zero-order valence-corrected chi connectivity index (χ0v) is 11.4. The summed E-state index contributed by atoms with van der Waals surface area (Å²) in [6.45, 7) is 9.73. The summed E-state index contributed by atoms with van der Waals surface area (Å²) in [7, 11) is 0. The molecule has 0 bridgehead atoms. The normalized spacial score (nSPS) is 15.1. The maximum Gasteiger partial charge on any atom is 0.311 e. The molecule has 0 saturated heterocycles. The SMILES string of the molecule is CCNC(C)(C)C(=O)NCC(C)(CC)C(=O)O. The molecule has 1 amide bonds. The summed E-state index contributed by atoms with van der Waals surface area (Å²) < 4.78 is 0. The van der Waals surface area contributed by atoms with Crippen LogP contribution in [0.4, 0.5) is 0 Å². The lowest BCUT2D eigenvalue weighted by molar-refractivity contribution is -0.148. The van der Waals surface area contributed by atoms with E-state index in [9.17, 15) is 9.59 Å². The highest BCUT2D eigenvalue weighted by atomic mass is 16.4. The van der Waals surface area contributed by atoms with Gasteiger partial charge in [-0.2, -0.15) is 0 Å². The van der Waals surface area contributed by atoms with Crippen molar-refractivity contribution in [3.05, 3.63) is 0 Å². The van der Waals surface area contributed by atoms with Crippen molar-refractivity contribution in [3.63, 3.8) is 0 Å². The Labute approximate surface area is 103 Å². The predicted molar refractivity (Wildman–Crippen MR) is 66.8 cm³/mol. The molecule has 1 unspecified atom stereocenters. The summed E-state index contributed by atoms with van der Waals surface area (Å²) in [6.07, 6.45) is 0.476. The molecular formula is C12H24N2O3. The van der Waals surface area contributed by atoms with Crippen molar-refractivity contribution in [1.82, 2.24) is 10.6 Å². The van der Waals surface area contributed by atoms with Gasteiger partial charge in [-0.3, -0.25) is 9.59 Å². The Morgan fingerprint density at radius 1 is 1.18 bits per heavy atom. The van der Waals surface area contributed by atoms with E-state index in [4.69, 9.17) is 5.11 Å². The van der Waals surface area contributed by atoms with Gasteiger partial charge in [0.25, 0.3) is 0 Å². The van der Waals surface area contributed by atoms with E-state index in [0.29, 0.717) is 13.0 Å². The average Bonchev–Trinajstić information content (AvgIpc) is 2.24. The highest BCUT2D eigenvalue weighted by molar-refractivity contribution is 5.86. The van der Waals surface area contributed by atoms with E-state index >= 15 is 0 Å². The minimum Gasteiger partial charge on any atom is -0.481 e. The molecule has 5 heteroatoms. The van der Waals surface area contributed by atoms with E-state index in [1.165, 1.54) is 0 Å². The number of carboxylic acids is 1. The van der Waals surface area contributed by atoms with E-state index in [0.717, 1.165) is 0 Å². The topological polar surface area (TPSA) is 78.4 Å². The number of aliphatic carboxylic acids is 1. The molecule has 0 aliphatic heterocycles. The number of carbonyl (C=O) groups excluding carboxylic acids is 1. The first-order valence-corrected chi connectivity index (χ1v) is 5.96. The minimum atomic E-state index is -0.905. The van der Waals surface area contributed by atoms with Crippen LogP contribution in [0.25, 0.3) is 0 Å². The Balaban J connectivity index is 4.47. The zero-order valence-electron chi connectivity index (χ0n) is 11.4. The smallest absolute Gasteiger partial charge is 0.311 e. The molecule has 0 spiro atoms. The maximum atomic E-state index is 11.9. The molecular weight excluding hydrogens is 220 g/mol. The second-order valence-corrected chi connectivity index (χ2v) is 5.06. The number of carbonyl (C=O) groups is 2. The summed E-state index contributed by atoms with van der Waals surface area (Å²) in [4.78, 5) is 22.9. The van der Waals surface area contributed by atoms with Crippen LogP contribution in [0.1, 0.15) is 41.0 Å². The van der Waals surface area contributed by atoms with Crippen LogP contribution in [0, 0.1) is 5.41 Å². The first-order chi connectivity index (χ1) is 7.69. The fraction of sp³-hybridized carbons (Fsp3) is 0.833. The van der Waals surface area contributed by atoms with Crippen LogP contribution in [0.15, 0.2) is 0 Å². The van der Waals surface area contributed by atoms with Crippen LogP contribution in [-0.2, 0) is 9.59 Å². The number of nitrogens with one attached hydrogen (secondary N) is 2. The van der Waals surface area contributed by atoms with Gasteiger partial charge in [0.1, 0.15) is 0 Å². The van der Waals surface area contributed by atoms with Crippen LogP contribution in [0.5, 0.6) is 0 Å². The van der Waals surface area contributed by atoms with E-state index < -0.39 is 16.9 Å². The number of hydrogen-bond acceptors (Lipinski definition) is 3. The lowest BCUT2D eigenvalue weighted by Crippen LogP contribution is -2.54. The van der Waals surface area contributed by atoms with Crippen LogP contribution >= 0.6 is 0 Å². The Morgan fingerprint density at radius 3 is 2.06 bits per heavy atom. The Bertz CT molecular complexity index is 289. The number of carboxylic acid groups (broad SMARTS) is 1. The van der Waals surface area contributed by atoms with Gasteiger partial charge in [0.2, 0.25) is 5.91 Å². The van der Waals surface area contributed by atoms with Crippen LogP contribution in [0.2, 0.25) is 0 Å². The molecule has 3 N–H and O–H groups in total. The molecule has 0 fully saturated rings. The highest BCUT2D eigenvalue weighted by Crippen LogP contribution is 2.20. The molecule has 0 aromatic heterocycles. The van der Waals surface area contributed by atoms with Crippen molar-refractivity contribution in [2.75, 3.05) is 13.1 Å². The quantitative estimate of drug-likeness (QED) is 0.624. The molecule has 17 heavy (non-hydrogen) atoms. The van der Waals surface area contributed by atoms with Crippen LogP contribution in [-0.4, -0.2) is 35.6 Å². The van der Waals surface area contributed by atoms with E-state index in [2.05, 4.69) is 10.6 Å². The standard InChI is InChI=1S/C12H24N2O3/c1-6-12(5,10(16)17)8-13-9(15)11(3,4)14-7-2/h14H,6-8H2,1-5H3,(H,13,15)(H,16,17). The molecule has 0 aliphatic rings. The summed E-state index contributed by atoms with van der Waals surface area (Å²) in [5, 5.41) is 14.8. The van der Waals surface area contributed by atoms with Gasteiger partial charge >= 0.3 is 5.97 Å². The fourth-order valence-corrected chi connectivity index (χ4v) is 1.37. The number of rotatable bonds is 7. The van der Waals surface area contributed by atoms with Gasteiger partial charge in [0.05, 0.1) is 11.0 Å². The second-order valence-electron chi connectivity index (χ2n) is 5.06. The number of amides is 1. The Hall–Kier alpha value is -1.10. The summed E-state index contributed by atoms with van der Waals surface area (Å²) in [5.41, 5.74) is -1.58. The molecule has 1 atom stereocenters. The average molecular weight is 244 g/mol. The maximum absolute atomic E-state index is 11.9. The van der Waals surface area contributed by atoms with Crippen molar-refractivity contribution in [2.45, 2.75) is 46.6 Å². The monoisotopic (exact) mass is 244 g/mol. The molecule has 0 aromatic carbocycles. The number of hydrogen-bond donors (Lipinski definition) is 3. The lowest BCUT2D eigenvalue weighted by Gasteiger charge is -2.28. The molecule has 0 aromatic rings. The van der Waals surface area contributed by atoms with Crippen molar-refractivity contribution >= 4 is 11.9 Å². The van der Waals surface area contributed by atoms with Gasteiger partial charge in [-0.05, 0) is 33.7 Å². The second kappa shape index (κ2) is 6.00. The van der Waals surface area contributed by atoms with Crippen molar-refractivity contribution in [2.24, 2.45) is 5.41 Å². The molecule has 5 nitrogen and oxygen atoms in total. The fourth-order valence-electron chi connectivity index (χ4n) is 1.37. The summed E-state index contributed by atoms with van der Waals surface area (Å²) >= 11 is 0. The van der Waals surface area contributed by atoms with Gasteiger partial charge in [0, 0.05) is 6.54 Å². The molecule has 0 rings (SSSR count). The Morgan fingerprint density at radius 2 is 1.71 bits per heavy atom. The van der Waals surface area contributed by atoms with E-state index in [1.807, 2.05) is 6.92 Å². The van der Waals surface area contributed by atoms with Crippen LogP contribution in [0.3, 0.4) is 0 Å². The number of likely N-dealkylation sites (N-methyl/N-ethyl adjacent to an activating group) is 1. The van der Waals surface area contributed by atoms with Gasteiger partial charge in [-0.1, -0.05) is 13.8 Å². The van der Waals surface area contributed by atoms with Crippen LogP contribution < -0.4 is 10.6 Å².